The number of halogens is 1. The maximum Gasteiger partial charge on any atom is 0.410 e. The smallest absolute Gasteiger partial charge is 0.410 e. The number of carbonyl (C=O) groups excluding carboxylic acids is 3. The van der Waals surface area contributed by atoms with Crippen molar-refractivity contribution >= 4 is 23.6 Å². The normalized spacial score (nSPS) is 13.4. The summed E-state index contributed by atoms with van der Waals surface area (Å²) in [4.78, 5) is 42.8. The molecule has 38 heavy (non-hydrogen) atoms. The summed E-state index contributed by atoms with van der Waals surface area (Å²) in [5, 5.41) is 0. The molecule has 1 aliphatic heterocycles. The molecule has 0 radical (unpaired) electrons. The summed E-state index contributed by atoms with van der Waals surface area (Å²) in [6, 6.07) is 12.9. The van der Waals surface area contributed by atoms with Crippen LogP contribution in [-0.4, -0.2) is 66.0 Å². The minimum absolute atomic E-state index is 0.0977. The summed E-state index contributed by atoms with van der Waals surface area (Å²) in [6.07, 6.45) is 1.65. The molecule has 1 aliphatic rings. The van der Waals surface area contributed by atoms with Gasteiger partial charge in [-0.05, 0) is 69.7 Å². The van der Waals surface area contributed by atoms with Gasteiger partial charge in [-0.15, -0.1) is 0 Å². The van der Waals surface area contributed by atoms with Crippen molar-refractivity contribution in [2.45, 2.75) is 52.6 Å². The number of carbonyl (C=O) groups is 3. The van der Waals surface area contributed by atoms with E-state index >= 15 is 0 Å². The number of nitrogens with zero attached hydrogens (tertiary/aromatic N) is 3. The van der Waals surface area contributed by atoms with Crippen LogP contribution in [0.2, 0.25) is 0 Å². The van der Waals surface area contributed by atoms with Crippen LogP contribution in [0.1, 0.15) is 62.9 Å². The number of unbranched alkanes of at least 4 members (excludes halogenated alkanes) is 1. The second-order valence-corrected chi connectivity index (χ2v) is 10.2. The Morgan fingerprint density at radius 1 is 1.00 bits per heavy atom. The van der Waals surface area contributed by atoms with E-state index < -0.39 is 11.4 Å². The lowest BCUT2D eigenvalue weighted by molar-refractivity contribution is -0.118. The fourth-order valence-electron chi connectivity index (χ4n) is 3.95. The largest absolute Gasteiger partial charge is 0.444 e. The predicted octanol–water partition coefficient (Wildman–Crippen LogP) is 5.09. The monoisotopic (exact) mass is 521 g/mol. The van der Waals surface area contributed by atoms with Crippen molar-refractivity contribution in [2.24, 2.45) is 0 Å². The van der Waals surface area contributed by atoms with Gasteiger partial charge in [-0.25, -0.2) is 9.18 Å². The first-order valence-corrected chi connectivity index (χ1v) is 13.0. The Bertz CT molecular complexity index is 1190. The fourth-order valence-corrected chi connectivity index (χ4v) is 3.95. The van der Waals surface area contributed by atoms with Crippen molar-refractivity contribution in [3.63, 3.8) is 0 Å². The zero-order valence-electron chi connectivity index (χ0n) is 22.6. The van der Waals surface area contributed by atoms with Gasteiger partial charge >= 0.3 is 6.09 Å². The molecular weight excluding hydrogens is 485 g/mol. The lowest BCUT2D eigenvalue weighted by Crippen LogP contribution is -2.51. The minimum atomic E-state index is -0.559. The molecule has 0 atom stereocenters. The Hall–Kier alpha value is -3.86. The highest BCUT2D eigenvalue weighted by Crippen LogP contribution is 2.18. The third-order valence-electron chi connectivity index (χ3n) is 5.99. The molecule has 0 bridgehead atoms. The Kier molecular flexibility index (Phi) is 9.89. The Morgan fingerprint density at radius 2 is 1.66 bits per heavy atom. The maximum atomic E-state index is 13.8. The number of rotatable bonds is 6. The summed E-state index contributed by atoms with van der Waals surface area (Å²) in [7, 11) is 0. The lowest BCUT2D eigenvalue weighted by atomic mass is 10.1. The number of benzene rings is 2. The van der Waals surface area contributed by atoms with Gasteiger partial charge in [0.2, 0.25) is 5.91 Å². The van der Waals surface area contributed by atoms with Gasteiger partial charge in [0.15, 0.2) is 0 Å². The molecule has 8 heteroatoms. The molecule has 0 aromatic heterocycles. The van der Waals surface area contributed by atoms with Gasteiger partial charge in [0.05, 0.1) is 6.54 Å². The zero-order chi connectivity index (χ0) is 27.7. The molecule has 3 amide bonds. The maximum absolute atomic E-state index is 13.8. The number of amides is 3. The van der Waals surface area contributed by atoms with E-state index in [9.17, 15) is 18.8 Å². The summed E-state index contributed by atoms with van der Waals surface area (Å²) in [5.41, 5.74) is 1.17. The van der Waals surface area contributed by atoms with Crippen LogP contribution >= 0.6 is 0 Å². The van der Waals surface area contributed by atoms with Crippen LogP contribution in [0.25, 0.3) is 0 Å². The highest BCUT2D eigenvalue weighted by molar-refractivity contribution is 5.95. The van der Waals surface area contributed by atoms with Crippen molar-refractivity contribution in [3.8, 4) is 11.8 Å². The van der Waals surface area contributed by atoms with Crippen LogP contribution in [0.15, 0.2) is 48.5 Å². The number of hydrogen-bond donors (Lipinski definition) is 0. The van der Waals surface area contributed by atoms with E-state index in [1.54, 1.807) is 46.2 Å². The molecule has 1 heterocycles. The molecule has 2 aromatic carbocycles. The molecule has 7 nitrogen and oxygen atoms in total. The number of ether oxygens (including phenoxy) is 1. The highest BCUT2D eigenvalue weighted by atomic mass is 19.1. The van der Waals surface area contributed by atoms with E-state index in [1.165, 1.54) is 17.0 Å². The molecule has 1 saturated heterocycles. The predicted molar refractivity (Wildman–Crippen MR) is 145 cm³/mol. The van der Waals surface area contributed by atoms with Crippen LogP contribution in [0.3, 0.4) is 0 Å². The van der Waals surface area contributed by atoms with Crippen LogP contribution in [0.5, 0.6) is 0 Å². The second kappa shape index (κ2) is 13.1. The van der Waals surface area contributed by atoms with Crippen molar-refractivity contribution in [1.82, 2.24) is 9.80 Å². The van der Waals surface area contributed by atoms with Gasteiger partial charge < -0.3 is 19.4 Å². The first-order valence-electron chi connectivity index (χ1n) is 13.0. The summed E-state index contributed by atoms with van der Waals surface area (Å²) >= 11 is 0. The number of anilines is 1. The topological polar surface area (TPSA) is 70.2 Å². The highest BCUT2D eigenvalue weighted by Gasteiger charge is 2.28. The zero-order valence-corrected chi connectivity index (χ0v) is 22.6. The van der Waals surface area contributed by atoms with Gasteiger partial charge in [0.25, 0.3) is 5.91 Å². The van der Waals surface area contributed by atoms with E-state index in [4.69, 9.17) is 4.74 Å². The van der Waals surface area contributed by atoms with Crippen LogP contribution < -0.4 is 4.90 Å². The van der Waals surface area contributed by atoms with Gasteiger partial charge in [-0.1, -0.05) is 31.3 Å². The van der Waals surface area contributed by atoms with Crippen LogP contribution in [0.4, 0.5) is 14.9 Å². The average Bonchev–Trinajstić information content (AvgIpc) is 2.89. The third kappa shape index (κ3) is 8.34. The molecule has 3 rings (SSSR count). The molecular formula is C30H36FN3O4. The van der Waals surface area contributed by atoms with E-state index in [0.29, 0.717) is 49.4 Å². The van der Waals surface area contributed by atoms with E-state index in [2.05, 4.69) is 11.8 Å². The summed E-state index contributed by atoms with van der Waals surface area (Å²) < 4.78 is 19.2. The molecule has 0 N–H and O–H groups in total. The third-order valence-corrected chi connectivity index (χ3v) is 5.99. The van der Waals surface area contributed by atoms with Crippen molar-refractivity contribution in [2.75, 3.05) is 37.6 Å². The van der Waals surface area contributed by atoms with Crippen molar-refractivity contribution in [3.05, 3.63) is 65.5 Å². The van der Waals surface area contributed by atoms with Crippen molar-refractivity contribution < 1.29 is 23.5 Å². The SMILES string of the molecule is CCCCC(=O)N(CC#Cc1ccc(C(=O)N2CCN(C(=O)OC(C)(C)C)CC2)cc1)c1cccc(F)c1. The van der Waals surface area contributed by atoms with Gasteiger partial charge in [0.1, 0.15) is 11.4 Å². The molecule has 202 valence electrons. The lowest BCUT2D eigenvalue weighted by Gasteiger charge is -2.35. The average molecular weight is 522 g/mol. The summed E-state index contributed by atoms with van der Waals surface area (Å²) in [6.45, 7) is 9.33. The molecule has 1 fully saturated rings. The van der Waals surface area contributed by atoms with Crippen molar-refractivity contribution in [1.29, 1.82) is 0 Å². The molecule has 2 aromatic rings. The fraction of sp³-hybridized carbons (Fsp3) is 0.433. The number of piperazine rings is 1. The standard InChI is InChI=1S/C30H36FN3O4/c1-5-6-12-27(35)34(26-11-7-10-25(31)22-26)17-8-9-23-13-15-24(16-14-23)28(36)32-18-20-33(21-19-32)29(37)38-30(2,3)4/h7,10-11,13-16,22H,5-6,12,17-21H2,1-4H3. The summed E-state index contributed by atoms with van der Waals surface area (Å²) in [5.74, 6) is 5.43. The molecule has 0 unspecified atom stereocenters. The van der Waals surface area contributed by atoms with Gasteiger partial charge in [-0.3, -0.25) is 9.59 Å². The van der Waals surface area contributed by atoms with Crippen LogP contribution in [-0.2, 0) is 9.53 Å². The molecule has 0 aliphatic carbocycles. The minimum Gasteiger partial charge on any atom is -0.444 e. The molecule has 0 spiro atoms. The van der Waals surface area contributed by atoms with Crippen LogP contribution in [0, 0.1) is 17.7 Å². The first-order chi connectivity index (χ1) is 18.1. The quantitative estimate of drug-likeness (QED) is 0.497. The van der Waals surface area contributed by atoms with Gasteiger partial charge in [0, 0.05) is 49.4 Å². The number of hydrogen-bond acceptors (Lipinski definition) is 4. The van der Waals surface area contributed by atoms with E-state index in [0.717, 1.165) is 12.8 Å². The Labute approximate surface area is 224 Å². The van der Waals surface area contributed by atoms with E-state index in [-0.39, 0.29) is 24.5 Å². The van der Waals surface area contributed by atoms with E-state index in [1.807, 2.05) is 27.7 Å². The Balaban J connectivity index is 1.60. The van der Waals surface area contributed by atoms with Gasteiger partial charge in [-0.2, -0.15) is 0 Å². The molecule has 0 saturated carbocycles. The first kappa shape index (κ1) is 28.7. The Morgan fingerprint density at radius 3 is 2.26 bits per heavy atom. The second-order valence-electron chi connectivity index (χ2n) is 10.2.